The molecule has 0 bridgehead atoms. The Morgan fingerprint density at radius 3 is 2.83 bits per heavy atom. The van der Waals surface area contributed by atoms with Gasteiger partial charge < -0.3 is 10.1 Å². The summed E-state index contributed by atoms with van der Waals surface area (Å²) in [5.74, 6) is 0. The molecular formula is C15H22N2O. The molecule has 3 rings (SSSR count). The van der Waals surface area contributed by atoms with Crippen LogP contribution in [0.4, 0.5) is 0 Å². The highest BCUT2D eigenvalue weighted by Gasteiger charge is 2.42. The lowest BCUT2D eigenvalue weighted by Gasteiger charge is -2.47. The van der Waals surface area contributed by atoms with E-state index in [9.17, 15) is 0 Å². The van der Waals surface area contributed by atoms with Crippen LogP contribution in [0.1, 0.15) is 50.6 Å². The summed E-state index contributed by atoms with van der Waals surface area (Å²) in [7, 11) is 0. The fourth-order valence-electron chi connectivity index (χ4n) is 3.19. The molecule has 18 heavy (non-hydrogen) atoms. The van der Waals surface area contributed by atoms with E-state index in [2.05, 4.69) is 29.4 Å². The van der Waals surface area contributed by atoms with Gasteiger partial charge in [-0.3, -0.25) is 4.98 Å². The molecule has 98 valence electrons. The molecule has 2 atom stereocenters. The Balaban J connectivity index is 1.59. The van der Waals surface area contributed by atoms with Crippen LogP contribution < -0.4 is 5.32 Å². The van der Waals surface area contributed by atoms with E-state index in [4.69, 9.17) is 4.74 Å². The maximum absolute atomic E-state index is 5.97. The van der Waals surface area contributed by atoms with Crippen molar-refractivity contribution in [2.45, 2.75) is 56.7 Å². The fourth-order valence-corrected chi connectivity index (χ4v) is 3.19. The van der Waals surface area contributed by atoms with Crippen LogP contribution in [0.25, 0.3) is 0 Å². The molecule has 1 aliphatic heterocycles. The van der Waals surface area contributed by atoms with Crippen molar-refractivity contribution in [1.82, 2.24) is 10.3 Å². The van der Waals surface area contributed by atoms with Crippen LogP contribution in [-0.4, -0.2) is 23.2 Å². The highest BCUT2D eigenvalue weighted by molar-refractivity contribution is 5.14. The topological polar surface area (TPSA) is 34.1 Å². The van der Waals surface area contributed by atoms with Crippen molar-refractivity contribution < 1.29 is 4.74 Å². The summed E-state index contributed by atoms with van der Waals surface area (Å²) in [6.45, 7) is 3.15. The normalized spacial score (nSPS) is 27.7. The number of hydrogen-bond donors (Lipinski definition) is 1. The van der Waals surface area contributed by atoms with E-state index >= 15 is 0 Å². The van der Waals surface area contributed by atoms with Gasteiger partial charge in [-0.2, -0.15) is 0 Å². The molecule has 3 nitrogen and oxygen atoms in total. The van der Waals surface area contributed by atoms with E-state index in [0.29, 0.717) is 12.1 Å². The number of aromatic nitrogens is 1. The predicted molar refractivity (Wildman–Crippen MR) is 71.3 cm³/mol. The van der Waals surface area contributed by atoms with Crippen molar-refractivity contribution in [2.75, 3.05) is 6.61 Å². The first-order chi connectivity index (χ1) is 8.77. The quantitative estimate of drug-likeness (QED) is 0.890. The third kappa shape index (κ3) is 2.43. The van der Waals surface area contributed by atoms with Crippen LogP contribution in [0, 0.1) is 0 Å². The van der Waals surface area contributed by atoms with Gasteiger partial charge in [0.2, 0.25) is 0 Å². The molecular weight excluding hydrogens is 224 g/mol. The molecule has 1 aliphatic carbocycles. The number of nitrogens with zero attached hydrogens (tertiary/aromatic N) is 1. The second-order valence-electron chi connectivity index (χ2n) is 5.74. The Labute approximate surface area is 109 Å². The number of pyridine rings is 1. The maximum atomic E-state index is 5.97. The number of nitrogens with one attached hydrogen (secondary N) is 1. The smallest absolute Gasteiger partial charge is 0.0697 e. The third-order valence-electron chi connectivity index (χ3n) is 4.45. The van der Waals surface area contributed by atoms with Gasteiger partial charge in [0.15, 0.2) is 0 Å². The van der Waals surface area contributed by atoms with Crippen molar-refractivity contribution >= 4 is 0 Å². The van der Waals surface area contributed by atoms with Gasteiger partial charge >= 0.3 is 0 Å². The van der Waals surface area contributed by atoms with E-state index in [1.165, 1.54) is 31.2 Å². The molecule has 1 saturated heterocycles. The summed E-state index contributed by atoms with van der Waals surface area (Å²) in [5, 5.41) is 3.75. The summed E-state index contributed by atoms with van der Waals surface area (Å²) < 4.78 is 5.97. The average molecular weight is 246 g/mol. The first-order valence-electron chi connectivity index (χ1n) is 7.07. The average Bonchev–Trinajstić information content (AvgIpc) is 2.38. The third-order valence-corrected chi connectivity index (χ3v) is 4.45. The van der Waals surface area contributed by atoms with Crippen LogP contribution in [0.5, 0.6) is 0 Å². The molecule has 0 amide bonds. The van der Waals surface area contributed by atoms with Gasteiger partial charge in [0.05, 0.1) is 5.60 Å². The van der Waals surface area contributed by atoms with Crippen molar-refractivity contribution in [3.05, 3.63) is 30.1 Å². The summed E-state index contributed by atoms with van der Waals surface area (Å²) in [6.07, 6.45) is 9.91. The molecule has 1 aromatic rings. The molecule has 0 radical (unpaired) electrons. The zero-order chi connectivity index (χ0) is 12.4. The van der Waals surface area contributed by atoms with Crippen molar-refractivity contribution in [3.63, 3.8) is 0 Å². The lowest BCUT2D eigenvalue weighted by molar-refractivity contribution is -0.136. The molecule has 1 aromatic heterocycles. The minimum absolute atomic E-state index is 0.230. The lowest BCUT2D eigenvalue weighted by Crippen LogP contribution is -2.51. The lowest BCUT2D eigenvalue weighted by atomic mass is 9.74. The zero-order valence-corrected chi connectivity index (χ0v) is 11.1. The highest BCUT2D eigenvalue weighted by Crippen LogP contribution is 2.42. The zero-order valence-electron chi connectivity index (χ0n) is 11.1. The van der Waals surface area contributed by atoms with Crippen molar-refractivity contribution in [2.24, 2.45) is 0 Å². The van der Waals surface area contributed by atoms with Crippen molar-refractivity contribution in [1.29, 1.82) is 0 Å². The van der Waals surface area contributed by atoms with Crippen LogP contribution in [-0.2, 0) is 4.74 Å². The Bertz CT molecular complexity index is 389. The molecule has 1 spiro atoms. The monoisotopic (exact) mass is 246 g/mol. The van der Waals surface area contributed by atoms with E-state index in [-0.39, 0.29) is 5.60 Å². The van der Waals surface area contributed by atoms with Crippen molar-refractivity contribution in [3.8, 4) is 0 Å². The van der Waals surface area contributed by atoms with E-state index in [1.807, 2.05) is 12.4 Å². The van der Waals surface area contributed by atoms with Gasteiger partial charge in [0.1, 0.15) is 0 Å². The Morgan fingerprint density at radius 2 is 2.17 bits per heavy atom. The summed E-state index contributed by atoms with van der Waals surface area (Å²) in [5.41, 5.74) is 1.55. The van der Waals surface area contributed by atoms with Gasteiger partial charge in [0.25, 0.3) is 0 Å². The number of rotatable bonds is 3. The van der Waals surface area contributed by atoms with Gasteiger partial charge in [-0.05, 0) is 56.7 Å². The fraction of sp³-hybridized carbons (Fsp3) is 0.667. The minimum Gasteiger partial charge on any atom is -0.375 e. The molecule has 2 heterocycles. The Morgan fingerprint density at radius 1 is 1.39 bits per heavy atom. The number of hydrogen-bond acceptors (Lipinski definition) is 3. The molecule has 0 aromatic carbocycles. The molecule has 2 fully saturated rings. The minimum atomic E-state index is 0.230. The second kappa shape index (κ2) is 4.98. The molecule has 1 N–H and O–H groups in total. The van der Waals surface area contributed by atoms with E-state index in [0.717, 1.165) is 13.0 Å². The molecule has 1 unspecified atom stereocenters. The van der Waals surface area contributed by atoms with Crippen LogP contribution in [0.2, 0.25) is 0 Å². The molecule has 1 saturated carbocycles. The van der Waals surface area contributed by atoms with Gasteiger partial charge in [-0.25, -0.2) is 0 Å². The summed E-state index contributed by atoms with van der Waals surface area (Å²) >= 11 is 0. The highest BCUT2D eigenvalue weighted by atomic mass is 16.5. The maximum Gasteiger partial charge on any atom is 0.0697 e. The SMILES string of the molecule is C[C@H](NC1CCOC2(CCC2)C1)c1ccncc1. The first kappa shape index (κ1) is 12.1. The predicted octanol–water partition coefficient (Wildman–Crippen LogP) is 2.83. The van der Waals surface area contributed by atoms with Crippen LogP contribution in [0.15, 0.2) is 24.5 Å². The summed E-state index contributed by atoms with van der Waals surface area (Å²) in [6, 6.07) is 5.18. The van der Waals surface area contributed by atoms with Gasteiger partial charge in [-0.1, -0.05) is 0 Å². The van der Waals surface area contributed by atoms with Gasteiger partial charge in [0, 0.05) is 31.1 Å². The van der Waals surface area contributed by atoms with E-state index in [1.54, 1.807) is 0 Å². The number of ether oxygens (including phenoxy) is 1. The standard InChI is InChI=1S/C15H22N2O/c1-12(13-3-8-16-9-4-13)17-14-5-10-18-15(11-14)6-2-7-15/h3-4,8-9,12,14,17H,2,5-7,10-11H2,1H3/t12-,14?/m0/s1. The van der Waals surface area contributed by atoms with Crippen LogP contribution in [0.3, 0.4) is 0 Å². The molecule has 3 heteroatoms. The largest absolute Gasteiger partial charge is 0.375 e. The van der Waals surface area contributed by atoms with Gasteiger partial charge in [-0.15, -0.1) is 0 Å². The summed E-state index contributed by atoms with van der Waals surface area (Å²) in [4.78, 5) is 4.07. The Kier molecular flexibility index (Phi) is 3.35. The second-order valence-corrected chi connectivity index (χ2v) is 5.74. The molecule has 2 aliphatic rings. The first-order valence-corrected chi connectivity index (χ1v) is 7.07. The Hall–Kier alpha value is -0.930. The van der Waals surface area contributed by atoms with Crippen LogP contribution >= 0.6 is 0 Å². The van der Waals surface area contributed by atoms with E-state index < -0.39 is 0 Å².